The minimum Gasteiger partial charge on any atom is -0.492 e. The Balaban J connectivity index is 3.28. The third-order valence-electron chi connectivity index (χ3n) is 2.32. The molecular weight excluding hydrogens is 184 g/mol. The smallest absolute Gasteiger partial charge is 0.224 e. The quantitative estimate of drug-likeness (QED) is 0.648. The number of carbonyl (C=O) groups is 2. The maximum Gasteiger partial charge on any atom is 0.224 e. The molecule has 0 amide bonds. The molecule has 0 bridgehead atoms. The van der Waals surface area contributed by atoms with E-state index in [4.69, 9.17) is 9.84 Å². The Morgan fingerprint density at radius 1 is 1.14 bits per heavy atom. The van der Waals surface area contributed by atoms with E-state index < -0.39 is 6.61 Å². The van der Waals surface area contributed by atoms with Crippen LogP contribution in [0.2, 0.25) is 0 Å². The summed E-state index contributed by atoms with van der Waals surface area (Å²) in [5.74, 6) is -0.570. The highest BCUT2D eigenvalue weighted by Gasteiger charge is 2.30. The van der Waals surface area contributed by atoms with Gasteiger partial charge in [0.15, 0.2) is 11.5 Å². The Morgan fingerprint density at radius 2 is 1.71 bits per heavy atom. The standard InChI is InChI=1S/C10H12O4/c1-5-7(4-11)8(12)6(2)10(14-3)9(5)13/h11H,4H2,1-3H3. The van der Waals surface area contributed by atoms with E-state index in [1.165, 1.54) is 21.0 Å². The van der Waals surface area contributed by atoms with Crippen molar-refractivity contribution in [1.29, 1.82) is 0 Å². The molecule has 0 radical (unpaired) electrons. The van der Waals surface area contributed by atoms with E-state index >= 15 is 0 Å². The van der Waals surface area contributed by atoms with E-state index in [2.05, 4.69) is 0 Å². The number of methoxy groups -OCH3 is 1. The lowest BCUT2D eigenvalue weighted by atomic mass is 9.90. The van der Waals surface area contributed by atoms with Crippen LogP contribution in [0.5, 0.6) is 0 Å². The SMILES string of the molecule is COC1=C(C)C(=O)C(CO)=C(C)C1=O. The number of hydrogen-bond acceptors (Lipinski definition) is 4. The van der Waals surface area contributed by atoms with E-state index in [1.807, 2.05) is 0 Å². The number of rotatable bonds is 2. The normalized spacial score (nSPS) is 18.0. The average molecular weight is 196 g/mol. The van der Waals surface area contributed by atoms with Gasteiger partial charge in [0.05, 0.1) is 13.7 Å². The summed E-state index contributed by atoms with van der Waals surface area (Å²) < 4.78 is 4.84. The molecule has 0 aromatic rings. The lowest BCUT2D eigenvalue weighted by Gasteiger charge is -2.17. The maximum atomic E-state index is 11.6. The van der Waals surface area contributed by atoms with Crippen molar-refractivity contribution in [2.75, 3.05) is 13.7 Å². The molecule has 0 atom stereocenters. The Labute approximate surface area is 81.9 Å². The number of ketones is 2. The predicted octanol–water partition coefficient (Wildman–Crippen LogP) is 0.367. The molecule has 4 nitrogen and oxygen atoms in total. The largest absolute Gasteiger partial charge is 0.492 e. The van der Waals surface area contributed by atoms with Gasteiger partial charge in [0, 0.05) is 16.7 Å². The van der Waals surface area contributed by atoms with Gasteiger partial charge in [0.2, 0.25) is 5.78 Å². The Hall–Kier alpha value is -1.42. The number of ether oxygens (including phenoxy) is 1. The second-order valence-electron chi connectivity index (χ2n) is 3.08. The van der Waals surface area contributed by atoms with Crippen LogP contribution in [-0.4, -0.2) is 30.4 Å². The first-order chi connectivity index (χ1) is 6.54. The first-order valence-electron chi connectivity index (χ1n) is 4.19. The minimum absolute atomic E-state index is 0.0738. The summed E-state index contributed by atoms with van der Waals surface area (Å²) in [5.41, 5.74) is 0.681. The fourth-order valence-corrected chi connectivity index (χ4v) is 1.41. The monoisotopic (exact) mass is 196 g/mol. The molecule has 0 saturated heterocycles. The van der Waals surface area contributed by atoms with Gasteiger partial charge in [-0.2, -0.15) is 0 Å². The summed E-state index contributed by atoms with van der Waals surface area (Å²) in [7, 11) is 1.35. The van der Waals surface area contributed by atoms with Crippen LogP contribution in [0.25, 0.3) is 0 Å². The molecule has 0 aromatic heterocycles. The minimum atomic E-state index is -0.412. The van der Waals surface area contributed by atoms with Crippen molar-refractivity contribution in [3.63, 3.8) is 0 Å². The van der Waals surface area contributed by atoms with Gasteiger partial charge >= 0.3 is 0 Å². The highest BCUT2D eigenvalue weighted by atomic mass is 16.5. The average Bonchev–Trinajstić information content (AvgIpc) is 2.17. The van der Waals surface area contributed by atoms with Crippen molar-refractivity contribution in [3.8, 4) is 0 Å². The summed E-state index contributed by atoms with van der Waals surface area (Å²) in [6, 6.07) is 0. The van der Waals surface area contributed by atoms with Crippen LogP contribution in [-0.2, 0) is 14.3 Å². The van der Waals surface area contributed by atoms with Gasteiger partial charge in [0.25, 0.3) is 0 Å². The van der Waals surface area contributed by atoms with Crippen LogP contribution in [0, 0.1) is 0 Å². The molecule has 14 heavy (non-hydrogen) atoms. The highest BCUT2D eigenvalue weighted by molar-refractivity contribution is 6.24. The second kappa shape index (κ2) is 3.75. The summed E-state index contributed by atoms with van der Waals surface area (Å²) in [5, 5.41) is 8.93. The Bertz CT molecular complexity index is 324. The zero-order valence-electron chi connectivity index (χ0n) is 8.38. The van der Waals surface area contributed by atoms with Gasteiger partial charge in [-0.05, 0) is 13.8 Å². The van der Waals surface area contributed by atoms with Crippen molar-refractivity contribution < 1.29 is 19.4 Å². The topological polar surface area (TPSA) is 63.6 Å². The van der Waals surface area contributed by atoms with Crippen molar-refractivity contribution in [2.45, 2.75) is 13.8 Å². The van der Waals surface area contributed by atoms with Crippen LogP contribution in [0.3, 0.4) is 0 Å². The van der Waals surface area contributed by atoms with E-state index in [0.29, 0.717) is 0 Å². The van der Waals surface area contributed by atoms with Gasteiger partial charge in [0.1, 0.15) is 0 Å². The molecule has 0 aliphatic heterocycles. The molecule has 0 aromatic carbocycles. The van der Waals surface area contributed by atoms with E-state index in [0.717, 1.165) is 0 Å². The van der Waals surface area contributed by atoms with Crippen molar-refractivity contribution in [1.82, 2.24) is 0 Å². The molecule has 76 valence electrons. The van der Waals surface area contributed by atoms with Gasteiger partial charge in [-0.1, -0.05) is 0 Å². The molecule has 1 aliphatic rings. The molecule has 0 spiro atoms. The molecule has 1 rings (SSSR count). The molecule has 0 unspecified atom stereocenters. The molecule has 4 heteroatoms. The van der Waals surface area contributed by atoms with Crippen LogP contribution in [0.1, 0.15) is 13.8 Å². The first kappa shape index (κ1) is 10.7. The Kier molecular flexibility index (Phi) is 2.86. The van der Waals surface area contributed by atoms with E-state index in [9.17, 15) is 9.59 Å². The van der Waals surface area contributed by atoms with Gasteiger partial charge < -0.3 is 9.84 Å². The molecule has 0 fully saturated rings. The highest BCUT2D eigenvalue weighted by Crippen LogP contribution is 2.24. The third-order valence-corrected chi connectivity index (χ3v) is 2.32. The fourth-order valence-electron chi connectivity index (χ4n) is 1.41. The lowest BCUT2D eigenvalue weighted by Crippen LogP contribution is -2.24. The van der Waals surface area contributed by atoms with Crippen LogP contribution >= 0.6 is 0 Å². The number of aliphatic hydroxyl groups is 1. The molecule has 1 aliphatic carbocycles. The second-order valence-corrected chi connectivity index (χ2v) is 3.08. The van der Waals surface area contributed by atoms with Crippen molar-refractivity contribution in [3.05, 3.63) is 22.5 Å². The van der Waals surface area contributed by atoms with Crippen LogP contribution in [0.15, 0.2) is 22.5 Å². The fraction of sp³-hybridized carbons (Fsp3) is 0.400. The number of aliphatic hydroxyl groups excluding tert-OH is 1. The van der Waals surface area contributed by atoms with E-state index in [1.54, 1.807) is 0 Å². The van der Waals surface area contributed by atoms with Crippen molar-refractivity contribution in [2.24, 2.45) is 0 Å². The molecule has 1 N–H and O–H groups in total. The first-order valence-corrected chi connectivity index (χ1v) is 4.19. The summed E-state index contributed by atoms with van der Waals surface area (Å²) in [6.45, 7) is 2.61. The van der Waals surface area contributed by atoms with Gasteiger partial charge in [-0.15, -0.1) is 0 Å². The van der Waals surface area contributed by atoms with Gasteiger partial charge in [-0.3, -0.25) is 9.59 Å². The predicted molar refractivity (Wildman–Crippen MR) is 49.5 cm³/mol. The number of allylic oxidation sites excluding steroid dienone is 2. The number of Topliss-reactive ketones (excluding diaryl/α,β-unsaturated/α-hetero) is 2. The van der Waals surface area contributed by atoms with Crippen molar-refractivity contribution >= 4 is 11.6 Å². The zero-order valence-corrected chi connectivity index (χ0v) is 8.38. The molecular formula is C10H12O4. The summed E-state index contributed by atoms with van der Waals surface area (Å²) >= 11 is 0. The van der Waals surface area contributed by atoms with Crippen LogP contribution < -0.4 is 0 Å². The maximum absolute atomic E-state index is 11.6. The third kappa shape index (κ3) is 1.37. The molecule has 0 saturated carbocycles. The number of hydrogen-bond donors (Lipinski definition) is 1. The lowest BCUT2D eigenvalue weighted by molar-refractivity contribution is -0.119. The van der Waals surface area contributed by atoms with Gasteiger partial charge in [-0.25, -0.2) is 0 Å². The van der Waals surface area contributed by atoms with E-state index in [-0.39, 0.29) is 34.0 Å². The van der Waals surface area contributed by atoms with Crippen LogP contribution in [0.4, 0.5) is 0 Å². The Morgan fingerprint density at radius 3 is 2.14 bits per heavy atom. The molecule has 0 heterocycles. The zero-order chi connectivity index (χ0) is 10.9. The summed E-state index contributed by atoms with van der Waals surface area (Å²) in [4.78, 5) is 23.2. The number of carbonyl (C=O) groups excluding carboxylic acids is 2. The summed E-state index contributed by atoms with van der Waals surface area (Å²) in [6.07, 6.45) is 0.